The van der Waals surface area contributed by atoms with E-state index in [1.165, 1.54) is 6.33 Å². The van der Waals surface area contributed by atoms with Crippen LogP contribution >= 0.6 is 0 Å². The lowest BCUT2D eigenvalue weighted by Gasteiger charge is -2.43. The molecule has 0 aliphatic carbocycles. The topological polar surface area (TPSA) is 179 Å². The minimum absolute atomic E-state index is 0.135. The molecular weight excluding hydrogens is 873 g/mol. The number of fused-ring (bicyclic) bond motifs is 2. The molecule has 0 radical (unpaired) electrons. The molecule has 1 unspecified atom stereocenters. The number of piperazine rings is 1. The van der Waals surface area contributed by atoms with Gasteiger partial charge in [0.15, 0.2) is 5.65 Å². The average molecular weight is 935 g/mol. The number of benzene rings is 3. The Labute approximate surface area is 402 Å². The van der Waals surface area contributed by atoms with Gasteiger partial charge < -0.3 is 35.0 Å². The number of para-hydroxylation sites is 1. The van der Waals surface area contributed by atoms with Gasteiger partial charge in [-0.1, -0.05) is 18.2 Å². The van der Waals surface area contributed by atoms with E-state index in [0.717, 1.165) is 162 Å². The van der Waals surface area contributed by atoms with Crippen LogP contribution < -0.4 is 20.7 Å². The molecule has 17 heteroatoms. The molecule has 5 fully saturated rings. The van der Waals surface area contributed by atoms with Gasteiger partial charge in [0, 0.05) is 101 Å². The molecule has 1 atom stereocenters. The fourth-order valence-corrected chi connectivity index (χ4v) is 11.6. The lowest BCUT2D eigenvalue weighted by Crippen LogP contribution is -2.53. The van der Waals surface area contributed by atoms with Gasteiger partial charge in [-0.15, -0.1) is 0 Å². The van der Waals surface area contributed by atoms with Crippen molar-refractivity contribution in [2.75, 3.05) is 82.6 Å². The van der Waals surface area contributed by atoms with Crippen LogP contribution in [0, 0.1) is 5.92 Å². The van der Waals surface area contributed by atoms with Crippen LogP contribution in [0.4, 0.5) is 16.3 Å². The SMILES string of the molecule is Nc1ncnc2c1c(-c1ccc(Oc3ccccc3)cc1)nn2C1CCN(C2CCN(C(=O)N3CCC(CCN4CCN(c5ccc6c(c5)CN(C5CCC(=O)NC5=O)C6=O)CC4)CC3)CC2)CC1. The van der Waals surface area contributed by atoms with Crippen LogP contribution in [0.5, 0.6) is 11.5 Å². The van der Waals surface area contributed by atoms with Gasteiger partial charge in [0.2, 0.25) is 11.8 Å². The number of amides is 5. The highest BCUT2D eigenvalue weighted by atomic mass is 16.5. The molecule has 3 N–H and O–H groups in total. The fourth-order valence-electron chi connectivity index (χ4n) is 11.6. The van der Waals surface area contributed by atoms with Crippen molar-refractivity contribution in [3.05, 3.63) is 90.3 Å². The maximum atomic E-state index is 13.8. The smallest absolute Gasteiger partial charge is 0.319 e. The lowest BCUT2D eigenvalue weighted by atomic mass is 9.93. The summed E-state index contributed by atoms with van der Waals surface area (Å²) in [6.45, 7) is 10.5. The normalized spacial score (nSPS) is 21.6. The van der Waals surface area contributed by atoms with Crippen molar-refractivity contribution < 1.29 is 23.9 Å². The van der Waals surface area contributed by atoms with E-state index in [-0.39, 0.29) is 36.2 Å². The van der Waals surface area contributed by atoms with Crippen LogP contribution in [0.3, 0.4) is 0 Å². The van der Waals surface area contributed by atoms with Gasteiger partial charge in [-0.2, -0.15) is 5.10 Å². The standard InChI is InChI=1S/C52H62N12O5/c53-48-46-47(36-6-9-42(10-7-36)69-41-4-2-1-3-5-41)57-64(49(46)55-34-54-48)39-19-24-59(25-20-39)38-17-26-62(27-18-38)52(68)61-22-15-35(16-23-61)14-21-58-28-30-60(31-29-58)40-8-11-43-37(32-40)33-63(51(43)67)44-12-13-45(65)56-50(44)66/h1-11,32,34-35,38-39,44H,12-31,33H2,(H2,53,54,55)(H,56,65,66). The summed E-state index contributed by atoms with van der Waals surface area (Å²) >= 11 is 0. The highest BCUT2D eigenvalue weighted by Gasteiger charge is 2.40. The summed E-state index contributed by atoms with van der Waals surface area (Å²) in [6.07, 6.45) is 9.34. The molecule has 6 aliphatic heterocycles. The number of imide groups is 1. The number of rotatable bonds is 10. The highest BCUT2D eigenvalue weighted by molar-refractivity contribution is 6.05. The van der Waals surface area contributed by atoms with Crippen molar-refractivity contribution in [3.8, 4) is 22.8 Å². The van der Waals surface area contributed by atoms with Crippen LogP contribution in [-0.2, 0) is 16.1 Å². The van der Waals surface area contributed by atoms with Crippen molar-refractivity contribution in [1.29, 1.82) is 0 Å². The summed E-state index contributed by atoms with van der Waals surface area (Å²) < 4.78 is 8.10. The largest absolute Gasteiger partial charge is 0.457 e. The van der Waals surface area contributed by atoms with Gasteiger partial charge in [-0.25, -0.2) is 19.4 Å². The van der Waals surface area contributed by atoms with Crippen LogP contribution in [-0.4, -0.2) is 152 Å². The molecule has 5 aromatic rings. The van der Waals surface area contributed by atoms with E-state index < -0.39 is 6.04 Å². The van der Waals surface area contributed by atoms with Gasteiger partial charge in [0.1, 0.15) is 35.4 Å². The number of nitrogens with two attached hydrogens (primary N) is 1. The second-order valence-corrected chi connectivity index (χ2v) is 19.7. The second kappa shape index (κ2) is 19.4. The molecule has 3 aromatic carbocycles. The van der Waals surface area contributed by atoms with E-state index in [0.29, 0.717) is 36.3 Å². The number of anilines is 2. The molecule has 0 bridgehead atoms. The molecule has 5 saturated heterocycles. The van der Waals surface area contributed by atoms with Crippen LogP contribution in [0.15, 0.2) is 79.1 Å². The Bertz CT molecular complexity index is 2680. The van der Waals surface area contributed by atoms with E-state index in [4.69, 9.17) is 15.6 Å². The van der Waals surface area contributed by atoms with Gasteiger partial charge in [0.05, 0.1) is 11.4 Å². The molecule has 6 aliphatic rings. The Kier molecular flexibility index (Phi) is 12.6. The molecule has 17 nitrogen and oxygen atoms in total. The predicted molar refractivity (Wildman–Crippen MR) is 262 cm³/mol. The molecule has 8 heterocycles. The lowest BCUT2D eigenvalue weighted by molar-refractivity contribution is -0.136. The zero-order valence-corrected chi connectivity index (χ0v) is 39.3. The van der Waals surface area contributed by atoms with Crippen molar-refractivity contribution in [2.45, 2.75) is 82.5 Å². The molecule has 2 aromatic heterocycles. The van der Waals surface area contributed by atoms with E-state index in [9.17, 15) is 19.2 Å². The van der Waals surface area contributed by atoms with Gasteiger partial charge in [-0.05, 0) is 124 Å². The number of carbonyl (C=O) groups is 4. The van der Waals surface area contributed by atoms with E-state index in [1.54, 1.807) is 4.90 Å². The first-order chi connectivity index (χ1) is 33.7. The molecule has 360 valence electrons. The number of piperidine rings is 4. The Morgan fingerprint density at radius 1 is 0.739 bits per heavy atom. The van der Waals surface area contributed by atoms with Crippen LogP contribution in [0.2, 0.25) is 0 Å². The molecule has 69 heavy (non-hydrogen) atoms. The van der Waals surface area contributed by atoms with Gasteiger partial charge in [0.25, 0.3) is 5.91 Å². The summed E-state index contributed by atoms with van der Waals surface area (Å²) in [6, 6.07) is 24.0. The average Bonchev–Trinajstić information content (AvgIpc) is 3.94. The molecule has 5 amide bonds. The van der Waals surface area contributed by atoms with Crippen LogP contribution in [0.1, 0.15) is 79.8 Å². The number of carbonyl (C=O) groups excluding carboxylic acids is 4. The number of nitrogens with zero attached hydrogens (tertiary/aromatic N) is 10. The van der Waals surface area contributed by atoms with Gasteiger partial charge in [-0.3, -0.25) is 24.6 Å². The number of likely N-dealkylation sites (tertiary alicyclic amines) is 3. The number of urea groups is 1. The summed E-state index contributed by atoms with van der Waals surface area (Å²) in [5.41, 5.74) is 11.7. The second-order valence-electron chi connectivity index (χ2n) is 19.7. The van der Waals surface area contributed by atoms with E-state index >= 15 is 0 Å². The third kappa shape index (κ3) is 9.33. The van der Waals surface area contributed by atoms with Crippen molar-refractivity contribution in [3.63, 3.8) is 0 Å². The van der Waals surface area contributed by atoms with E-state index in [2.05, 4.69) is 50.5 Å². The van der Waals surface area contributed by atoms with Crippen LogP contribution in [0.25, 0.3) is 22.3 Å². The molecule has 0 spiro atoms. The minimum Gasteiger partial charge on any atom is -0.457 e. The number of nitrogen functional groups attached to an aromatic ring is 1. The number of hydrogen-bond acceptors (Lipinski definition) is 12. The molecular formula is C52H62N12O5. The number of hydrogen-bond donors (Lipinski definition) is 2. The maximum absolute atomic E-state index is 13.8. The Balaban J connectivity index is 0.602. The Hall–Kier alpha value is -6.59. The van der Waals surface area contributed by atoms with Gasteiger partial charge >= 0.3 is 6.03 Å². The Morgan fingerprint density at radius 2 is 1.43 bits per heavy atom. The first-order valence-electron chi connectivity index (χ1n) is 25.1. The van der Waals surface area contributed by atoms with Crippen molar-refractivity contribution in [2.24, 2.45) is 5.92 Å². The third-order valence-corrected chi connectivity index (χ3v) is 15.7. The quantitative estimate of drug-likeness (QED) is 0.162. The Morgan fingerprint density at radius 3 is 2.16 bits per heavy atom. The maximum Gasteiger partial charge on any atom is 0.319 e. The number of ether oxygens (including phenoxy) is 1. The fraction of sp³-hybridized carbons (Fsp3) is 0.481. The summed E-state index contributed by atoms with van der Waals surface area (Å²) in [7, 11) is 0. The summed E-state index contributed by atoms with van der Waals surface area (Å²) in [5.74, 6) is 1.80. The third-order valence-electron chi connectivity index (χ3n) is 15.7. The molecule has 11 rings (SSSR count). The molecule has 0 saturated carbocycles. The summed E-state index contributed by atoms with van der Waals surface area (Å²) in [5, 5.41) is 8.31. The minimum atomic E-state index is -0.600. The number of aromatic nitrogens is 4. The summed E-state index contributed by atoms with van der Waals surface area (Å²) in [4.78, 5) is 73.5. The monoisotopic (exact) mass is 934 g/mol. The first-order valence-corrected chi connectivity index (χ1v) is 25.1. The number of nitrogens with one attached hydrogen (secondary N) is 1. The highest BCUT2D eigenvalue weighted by Crippen LogP contribution is 2.37. The van der Waals surface area contributed by atoms with Crippen molar-refractivity contribution in [1.82, 2.24) is 49.6 Å². The van der Waals surface area contributed by atoms with E-state index in [1.807, 2.05) is 66.7 Å². The van der Waals surface area contributed by atoms with Crippen molar-refractivity contribution >= 4 is 46.3 Å². The zero-order chi connectivity index (χ0) is 47.0. The zero-order valence-electron chi connectivity index (χ0n) is 39.3. The predicted octanol–water partition coefficient (Wildman–Crippen LogP) is 5.77. The first kappa shape index (κ1) is 44.9.